The van der Waals surface area contributed by atoms with Gasteiger partial charge in [0.05, 0.1) is 17.5 Å². The van der Waals surface area contributed by atoms with Crippen LogP contribution >= 0.6 is 15.9 Å². The summed E-state index contributed by atoms with van der Waals surface area (Å²) in [4.78, 5) is 10.8. The molecule has 1 aliphatic heterocycles. The zero-order valence-corrected chi connectivity index (χ0v) is 11.8. The van der Waals surface area contributed by atoms with Gasteiger partial charge in [-0.05, 0) is 18.2 Å². The largest absolute Gasteiger partial charge is 0.481 e. The van der Waals surface area contributed by atoms with Gasteiger partial charge in [0.15, 0.2) is 0 Å². The van der Waals surface area contributed by atoms with Crippen molar-refractivity contribution < 1.29 is 23.1 Å². The number of nitrogens with one attached hydrogen (secondary N) is 2. The second-order valence-electron chi connectivity index (χ2n) is 4.77. The number of alkyl halides is 3. The summed E-state index contributed by atoms with van der Waals surface area (Å²) in [5, 5.41) is 14.7. The summed E-state index contributed by atoms with van der Waals surface area (Å²) >= 11 is 2.86. The molecular formula is C12H12BrF3N2O2. The highest BCUT2D eigenvalue weighted by Crippen LogP contribution is 2.37. The standard InChI is InChI=1S/C12H12BrF3N2O2/c13-9-2-1-7(3-8(9)12(14,15)16)18-11(4-10(19)20)5-17-6-11/h1-3,17-18H,4-6H2,(H,19,20). The van der Waals surface area contributed by atoms with Crippen molar-refractivity contribution in [1.29, 1.82) is 0 Å². The number of carboxylic acid groups (broad SMARTS) is 1. The van der Waals surface area contributed by atoms with Crippen LogP contribution in [-0.4, -0.2) is 29.7 Å². The normalized spacial score (nSPS) is 17.4. The highest BCUT2D eigenvalue weighted by Gasteiger charge is 2.40. The average Bonchev–Trinajstić information content (AvgIpc) is 2.26. The third kappa shape index (κ3) is 3.24. The predicted octanol–water partition coefficient (Wildman–Crippen LogP) is 2.70. The van der Waals surface area contributed by atoms with Crippen LogP contribution in [0.3, 0.4) is 0 Å². The molecule has 0 radical (unpaired) electrons. The van der Waals surface area contributed by atoms with Gasteiger partial charge in [0.1, 0.15) is 0 Å². The number of hydrogen-bond acceptors (Lipinski definition) is 3. The number of hydrogen-bond donors (Lipinski definition) is 3. The maximum atomic E-state index is 12.8. The Morgan fingerprint density at radius 2 is 2.10 bits per heavy atom. The molecule has 8 heteroatoms. The predicted molar refractivity (Wildman–Crippen MR) is 70.6 cm³/mol. The van der Waals surface area contributed by atoms with Crippen LogP contribution in [0.5, 0.6) is 0 Å². The van der Waals surface area contributed by atoms with Gasteiger partial charge in [0, 0.05) is 23.2 Å². The van der Waals surface area contributed by atoms with Crippen molar-refractivity contribution in [2.45, 2.75) is 18.1 Å². The number of carboxylic acids is 1. The van der Waals surface area contributed by atoms with E-state index in [0.29, 0.717) is 13.1 Å². The van der Waals surface area contributed by atoms with Crippen LogP contribution < -0.4 is 10.6 Å². The van der Waals surface area contributed by atoms with E-state index in [1.54, 1.807) is 0 Å². The number of aliphatic carboxylic acids is 1. The molecule has 1 saturated heterocycles. The van der Waals surface area contributed by atoms with Crippen LogP contribution in [0.25, 0.3) is 0 Å². The summed E-state index contributed by atoms with van der Waals surface area (Å²) in [7, 11) is 0. The lowest BCUT2D eigenvalue weighted by Crippen LogP contribution is -2.65. The third-order valence-electron chi connectivity index (χ3n) is 3.10. The van der Waals surface area contributed by atoms with E-state index in [0.717, 1.165) is 6.07 Å². The summed E-state index contributed by atoms with van der Waals surface area (Å²) in [6, 6.07) is 3.76. The van der Waals surface area contributed by atoms with E-state index >= 15 is 0 Å². The molecule has 3 N–H and O–H groups in total. The molecule has 1 aromatic rings. The Kier molecular flexibility index (Phi) is 3.97. The molecule has 0 unspecified atom stereocenters. The second-order valence-corrected chi connectivity index (χ2v) is 5.63. The van der Waals surface area contributed by atoms with Gasteiger partial charge in [-0.2, -0.15) is 13.2 Å². The van der Waals surface area contributed by atoms with Crippen molar-refractivity contribution in [2.24, 2.45) is 0 Å². The summed E-state index contributed by atoms with van der Waals surface area (Å²) in [6.07, 6.45) is -4.62. The van der Waals surface area contributed by atoms with Crippen molar-refractivity contribution in [3.63, 3.8) is 0 Å². The van der Waals surface area contributed by atoms with E-state index in [-0.39, 0.29) is 16.6 Å². The zero-order chi connectivity index (χ0) is 15.0. The first-order valence-corrected chi connectivity index (χ1v) is 6.59. The Labute approximate surface area is 121 Å². The molecule has 1 aliphatic rings. The molecule has 1 fully saturated rings. The Morgan fingerprint density at radius 1 is 1.45 bits per heavy atom. The maximum Gasteiger partial charge on any atom is 0.417 e. The molecule has 2 rings (SSSR count). The fourth-order valence-corrected chi connectivity index (χ4v) is 2.57. The zero-order valence-electron chi connectivity index (χ0n) is 10.2. The van der Waals surface area contributed by atoms with E-state index in [9.17, 15) is 18.0 Å². The lowest BCUT2D eigenvalue weighted by molar-refractivity contribution is -0.139. The van der Waals surface area contributed by atoms with Crippen LogP contribution in [-0.2, 0) is 11.0 Å². The molecule has 0 saturated carbocycles. The molecule has 0 aliphatic carbocycles. The average molecular weight is 353 g/mol. The SMILES string of the molecule is O=C(O)CC1(Nc2ccc(Br)c(C(F)(F)F)c2)CNC1. The molecule has 0 atom stereocenters. The van der Waals surface area contributed by atoms with Gasteiger partial charge in [-0.3, -0.25) is 4.79 Å². The molecule has 4 nitrogen and oxygen atoms in total. The van der Waals surface area contributed by atoms with E-state index in [1.807, 2.05) is 0 Å². The van der Waals surface area contributed by atoms with E-state index in [4.69, 9.17) is 5.11 Å². The lowest BCUT2D eigenvalue weighted by atomic mass is 9.88. The van der Waals surface area contributed by atoms with Crippen molar-refractivity contribution in [3.8, 4) is 0 Å². The Hall–Kier alpha value is -1.28. The first-order valence-electron chi connectivity index (χ1n) is 5.79. The quantitative estimate of drug-likeness (QED) is 0.779. The fraction of sp³-hybridized carbons (Fsp3) is 0.417. The third-order valence-corrected chi connectivity index (χ3v) is 3.79. The minimum atomic E-state index is -4.46. The van der Waals surface area contributed by atoms with Crippen molar-refractivity contribution in [1.82, 2.24) is 5.32 Å². The van der Waals surface area contributed by atoms with Crippen molar-refractivity contribution in [2.75, 3.05) is 18.4 Å². The van der Waals surface area contributed by atoms with E-state index in [1.165, 1.54) is 12.1 Å². The van der Waals surface area contributed by atoms with E-state index < -0.39 is 23.2 Å². The number of halogens is 4. The molecule has 20 heavy (non-hydrogen) atoms. The van der Waals surface area contributed by atoms with Gasteiger partial charge >= 0.3 is 12.1 Å². The maximum absolute atomic E-state index is 12.8. The Balaban J connectivity index is 2.23. The van der Waals surface area contributed by atoms with Crippen LogP contribution in [0.1, 0.15) is 12.0 Å². The molecular weight excluding hydrogens is 341 g/mol. The highest BCUT2D eigenvalue weighted by molar-refractivity contribution is 9.10. The molecule has 1 heterocycles. The molecule has 0 aromatic heterocycles. The lowest BCUT2D eigenvalue weighted by Gasteiger charge is -2.43. The summed E-state index contributed by atoms with van der Waals surface area (Å²) in [6.45, 7) is 0.799. The Morgan fingerprint density at radius 3 is 2.55 bits per heavy atom. The number of carbonyl (C=O) groups is 1. The monoisotopic (exact) mass is 352 g/mol. The van der Waals surface area contributed by atoms with Crippen LogP contribution in [0, 0.1) is 0 Å². The smallest absolute Gasteiger partial charge is 0.417 e. The first kappa shape index (κ1) is 15.1. The summed E-state index contributed by atoms with van der Waals surface area (Å²) in [5.74, 6) is -0.993. The van der Waals surface area contributed by atoms with Gasteiger partial charge < -0.3 is 15.7 Å². The Bertz CT molecular complexity index is 530. The molecule has 0 bridgehead atoms. The molecule has 0 spiro atoms. The number of rotatable bonds is 4. The minimum Gasteiger partial charge on any atom is -0.481 e. The van der Waals surface area contributed by atoms with Crippen molar-refractivity contribution >= 4 is 27.6 Å². The van der Waals surface area contributed by atoms with Crippen LogP contribution in [0.15, 0.2) is 22.7 Å². The van der Waals surface area contributed by atoms with Gasteiger partial charge in [-0.25, -0.2) is 0 Å². The van der Waals surface area contributed by atoms with Gasteiger partial charge in [-0.1, -0.05) is 15.9 Å². The van der Waals surface area contributed by atoms with Gasteiger partial charge in [-0.15, -0.1) is 0 Å². The topological polar surface area (TPSA) is 61.4 Å². The summed E-state index contributed by atoms with van der Waals surface area (Å²) < 4.78 is 38.4. The molecule has 1 aromatic carbocycles. The van der Waals surface area contributed by atoms with Crippen molar-refractivity contribution in [3.05, 3.63) is 28.2 Å². The minimum absolute atomic E-state index is 0.0467. The second kappa shape index (κ2) is 5.25. The highest BCUT2D eigenvalue weighted by atomic mass is 79.9. The fourth-order valence-electron chi connectivity index (χ4n) is 2.10. The molecule has 0 amide bonds. The van der Waals surface area contributed by atoms with E-state index in [2.05, 4.69) is 26.6 Å². The first-order chi connectivity index (χ1) is 9.22. The summed E-state index contributed by atoms with van der Waals surface area (Å²) in [5.41, 5.74) is -1.27. The van der Waals surface area contributed by atoms with Crippen LogP contribution in [0.2, 0.25) is 0 Å². The molecule has 110 valence electrons. The number of benzene rings is 1. The van der Waals surface area contributed by atoms with Gasteiger partial charge in [0.25, 0.3) is 0 Å². The number of anilines is 1. The van der Waals surface area contributed by atoms with Gasteiger partial charge in [0.2, 0.25) is 0 Å². The van der Waals surface area contributed by atoms with Crippen LogP contribution in [0.4, 0.5) is 18.9 Å².